The summed E-state index contributed by atoms with van der Waals surface area (Å²) in [6.45, 7) is 4.89. The molecule has 0 bridgehead atoms. The molecule has 0 aliphatic carbocycles. The lowest BCUT2D eigenvalue weighted by molar-refractivity contribution is 0.270. The van der Waals surface area contributed by atoms with Crippen LogP contribution in [0.2, 0.25) is 0 Å². The maximum atomic E-state index is 5.21. The van der Waals surface area contributed by atoms with Gasteiger partial charge in [-0.25, -0.2) is 4.99 Å². The molecule has 0 aromatic carbocycles. The number of hydrogen-bond acceptors (Lipinski definition) is 3. The summed E-state index contributed by atoms with van der Waals surface area (Å²) in [6, 6.07) is 0. The minimum atomic E-state index is 0.258. The third kappa shape index (κ3) is 2.23. The average molecular weight is 183 g/mol. The lowest BCUT2D eigenvalue weighted by atomic mass is 9.93. The molecule has 0 radical (unpaired) electrons. The Bertz CT molecular complexity index is 231. The van der Waals surface area contributed by atoms with Crippen LogP contribution in [0.25, 0.3) is 0 Å². The van der Waals surface area contributed by atoms with Gasteiger partial charge in [0.1, 0.15) is 5.76 Å². The summed E-state index contributed by atoms with van der Waals surface area (Å²) >= 11 is 0. The molecule has 1 aliphatic rings. The highest BCUT2D eigenvalue weighted by Crippen LogP contribution is 2.21. The molecule has 0 saturated heterocycles. The van der Waals surface area contributed by atoms with Crippen LogP contribution in [0.15, 0.2) is 16.8 Å². The molecule has 1 rings (SSSR count). The van der Waals surface area contributed by atoms with E-state index in [2.05, 4.69) is 24.9 Å². The van der Waals surface area contributed by atoms with Crippen LogP contribution in [0.1, 0.15) is 13.8 Å². The van der Waals surface area contributed by atoms with E-state index >= 15 is 0 Å². The van der Waals surface area contributed by atoms with Gasteiger partial charge in [0.15, 0.2) is 5.90 Å². The number of dihydropyridines is 1. The number of hydrogen-bond donors (Lipinski definition) is 0. The summed E-state index contributed by atoms with van der Waals surface area (Å²) in [6.07, 6.45) is 2.09. The van der Waals surface area contributed by atoms with E-state index in [4.69, 9.17) is 9.47 Å². The SMILES string of the molecule is COC1=CC(C(C)C)C(OC)=NC1. The van der Waals surface area contributed by atoms with Crippen LogP contribution in [0.3, 0.4) is 0 Å². The standard InChI is InChI=1S/C10H17NO2/c1-7(2)9-5-8(12-3)6-11-10(9)13-4/h5,7,9H,6H2,1-4H3. The van der Waals surface area contributed by atoms with Gasteiger partial charge in [0.25, 0.3) is 0 Å². The fourth-order valence-corrected chi connectivity index (χ4v) is 1.40. The minimum Gasteiger partial charge on any atom is -0.499 e. The highest BCUT2D eigenvalue weighted by molar-refractivity contribution is 5.81. The zero-order valence-corrected chi connectivity index (χ0v) is 8.70. The van der Waals surface area contributed by atoms with Crippen LogP contribution >= 0.6 is 0 Å². The van der Waals surface area contributed by atoms with E-state index in [1.165, 1.54) is 0 Å². The fraction of sp³-hybridized carbons (Fsp3) is 0.700. The van der Waals surface area contributed by atoms with Gasteiger partial charge >= 0.3 is 0 Å². The summed E-state index contributed by atoms with van der Waals surface area (Å²) < 4.78 is 10.4. The predicted molar refractivity (Wildman–Crippen MR) is 52.7 cm³/mol. The van der Waals surface area contributed by atoms with Crippen LogP contribution < -0.4 is 0 Å². The Labute approximate surface area is 79.5 Å². The summed E-state index contributed by atoms with van der Waals surface area (Å²) in [5.74, 6) is 2.49. The van der Waals surface area contributed by atoms with Gasteiger partial charge < -0.3 is 9.47 Å². The van der Waals surface area contributed by atoms with Crippen LogP contribution in [0.4, 0.5) is 0 Å². The van der Waals surface area contributed by atoms with Gasteiger partial charge in [-0.15, -0.1) is 0 Å². The average Bonchev–Trinajstić information content (AvgIpc) is 2.16. The first-order valence-corrected chi connectivity index (χ1v) is 4.52. The second kappa shape index (κ2) is 4.30. The summed E-state index contributed by atoms with van der Waals surface area (Å²) in [5.41, 5.74) is 0. The predicted octanol–water partition coefficient (Wildman–Crippen LogP) is 1.85. The smallest absolute Gasteiger partial charge is 0.190 e. The molecule has 0 amide bonds. The van der Waals surface area contributed by atoms with Crippen molar-refractivity contribution >= 4 is 5.90 Å². The van der Waals surface area contributed by atoms with Crippen molar-refractivity contribution in [3.05, 3.63) is 11.8 Å². The maximum absolute atomic E-state index is 5.21. The molecule has 0 saturated carbocycles. The molecule has 13 heavy (non-hydrogen) atoms. The number of methoxy groups -OCH3 is 2. The van der Waals surface area contributed by atoms with Gasteiger partial charge in [0, 0.05) is 0 Å². The summed E-state index contributed by atoms with van der Waals surface area (Å²) in [7, 11) is 3.34. The molecule has 74 valence electrons. The largest absolute Gasteiger partial charge is 0.499 e. The molecule has 3 heteroatoms. The van der Waals surface area contributed by atoms with Crippen molar-refractivity contribution in [3.8, 4) is 0 Å². The molecule has 1 heterocycles. The fourth-order valence-electron chi connectivity index (χ4n) is 1.40. The van der Waals surface area contributed by atoms with Crippen LogP contribution in [-0.2, 0) is 9.47 Å². The molecule has 0 spiro atoms. The third-order valence-electron chi connectivity index (χ3n) is 2.23. The van der Waals surface area contributed by atoms with Crippen molar-refractivity contribution in [1.29, 1.82) is 0 Å². The van der Waals surface area contributed by atoms with E-state index in [0.717, 1.165) is 11.7 Å². The van der Waals surface area contributed by atoms with E-state index in [9.17, 15) is 0 Å². The number of nitrogens with zero attached hydrogens (tertiary/aromatic N) is 1. The minimum absolute atomic E-state index is 0.258. The van der Waals surface area contributed by atoms with Crippen molar-refractivity contribution in [2.75, 3.05) is 20.8 Å². The quantitative estimate of drug-likeness (QED) is 0.654. The first-order chi connectivity index (χ1) is 6.19. The maximum Gasteiger partial charge on any atom is 0.190 e. The van der Waals surface area contributed by atoms with E-state index < -0.39 is 0 Å². The zero-order valence-electron chi connectivity index (χ0n) is 8.70. The molecule has 0 aromatic rings. The van der Waals surface area contributed by atoms with Crippen molar-refractivity contribution in [1.82, 2.24) is 0 Å². The van der Waals surface area contributed by atoms with Crippen molar-refractivity contribution in [2.45, 2.75) is 13.8 Å². The van der Waals surface area contributed by atoms with Crippen LogP contribution in [0.5, 0.6) is 0 Å². The van der Waals surface area contributed by atoms with Gasteiger partial charge in [0.05, 0.1) is 26.7 Å². The lowest BCUT2D eigenvalue weighted by Crippen LogP contribution is -2.24. The first kappa shape index (κ1) is 10.1. The second-order valence-electron chi connectivity index (χ2n) is 3.47. The Morgan fingerprint density at radius 2 is 2.08 bits per heavy atom. The number of ether oxygens (including phenoxy) is 2. The van der Waals surface area contributed by atoms with E-state index in [0.29, 0.717) is 12.5 Å². The van der Waals surface area contributed by atoms with Gasteiger partial charge in [-0.3, -0.25) is 0 Å². The third-order valence-corrected chi connectivity index (χ3v) is 2.23. The monoisotopic (exact) mass is 183 g/mol. The van der Waals surface area contributed by atoms with Gasteiger partial charge in [-0.05, 0) is 12.0 Å². The second-order valence-corrected chi connectivity index (χ2v) is 3.47. The molecule has 0 N–H and O–H groups in total. The van der Waals surface area contributed by atoms with Gasteiger partial charge in [-0.1, -0.05) is 13.8 Å². The molecular formula is C10H17NO2. The van der Waals surface area contributed by atoms with Crippen molar-refractivity contribution in [2.24, 2.45) is 16.8 Å². The Balaban J connectivity index is 2.78. The Morgan fingerprint density at radius 3 is 2.54 bits per heavy atom. The van der Waals surface area contributed by atoms with E-state index in [-0.39, 0.29) is 5.92 Å². The van der Waals surface area contributed by atoms with Crippen molar-refractivity contribution < 1.29 is 9.47 Å². The van der Waals surface area contributed by atoms with Gasteiger partial charge in [-0.2, -0.15) is 0 Å². The Kier molecular flexibility index (Phi) is 3.34. The normalized spacial score (nSPS) is 22.4. The zero-order chi connectivity index (χ0) is 9.84. The first-order valence-electron chi connectivity index (χ1n) is 4.52. The molecule has 0 aromatic heterocycles. The number of aliphatic imine (C=N–C) groups is 1. The summed E-state index contributed by atoms with van der Waals surface area (Å²) in [4.78, 5) is 4.30. The molecule has 1 atom stereocenters. The van der Waals surface area contributed by atoms with Crippen molar-refractivity contribution in [3.63, 3.8) is 0 Å². The number of rotatable bonds is 2. The lowest BCUT2D eigenvalue weighted by Gasteiger charge is -2.23. The van der Waals surface area contributed by atoms with Crippen LogP contribution in [0, 0.1) is 11.8 Å². The molecule has 1 unspecified atom stereocenters. The Hall–Kier alpha value is -0.990. The van der Waals surface area contributed by atoms with Crippen LogP contribution in [-0.4, -0.2) is 26.7 Å². The van der Waals surface area contributed by atoms with E-state index in [1.807, 2.05) is 0 Å². The highest BCUT2D eigenvalue weighted by atomic mass is 16.5. The summed E-state index contributed by atoms with van der Waals surface area (Å²) in [5, 5.41) is 0. The van der Waals surface area contributed by atoms with Gasteiger partial charge in [0.2, 0.25) is 0 Å². The topological polar surface area (TPSA) is 30.8 Å². The highest BCUT2D eigenvalue weighted by Gasteiger charge is 2.22. The van der Waals surface area contributed by atoms with E-state index in [1.54, 1.807) is 14.2 Å². The molecule has 0 fully saturated rings. The molecule has 1 aliphatic heterocycles. The molecular weight excluding hydrogens is 166 g/mol. The Morgan fingerprint density at radius 1 is 1.38 bits per heavy atom. The molecule has 3 nitrogen and oxygen atoms in total.